The first kappa shape index (κ1) is 22.0. The Bertz CT molecular complexity index is 578. The second-order valence-corrected chi connectivity index (χ2v) is 7.45. The fourth-order valence-electron chi connectivity index (χ4n) is 2.67. The lowest BCUT2D eigenvalue weighted by Gasteiger charge is -2.27. The van der Waals surface area contributed by atoms with Crippen LogP contribution in [0.4, 0.5) is 0 Å². The highest BCUT2D eigenvalue weighted by Gasteiger charge is 2.14. The van der Waals surface area contributed by atoms with E-state index >= 15 is 0 Å². The molecule has 0 spiro atoms. The summed E-state index contributed by atoms with van der Waals surface area (Å²) in [5.41, 5.74) is 1.80. The van der Waals surface area contributed by atoms with Crippen molar-refractivity contribution in [3.05, 3.63) is 35.4 Å². The molecule has 6 heteroatoms. The number of hydrogen-bond acceptors (Lipinski definition) is 3. The molecule has 26 heavy (non-hydrogen) atoms. The van der Waals surface area contributed by atoms with Crippen molar-refractivity contribution in [2.24, 2.45) is 10.9 Å². The first-order chi connectivity index (χ1) is 12.2. The van der Waals surface area contributed by atoms with Crippen LogP contribution in [0.3, 0.4) is 0 Å². The van der Waals surface area contributed by atoms with Gasteiger partial charge in [0, 0.05) is 45.8 Å². The highest BCUT2D eigenvalue weighted by atomic mass is 16.2. The molecule has 1 amide bonds. The van der Waals surface area contributed by atoms with E-state index in [9.17, 15) is 4.79 Å². The second-order valence-electron chi connectivity index (χ2n) is 7.45. The number of rotatable bonds is 8. The lowest BCUT2D eigenvalue weighted by molar-refractivity contribution is 0.0827. The molecule has 0 radical (unpaired) electrons. The summed E-state index contributed by atoms with van der Waals surface area (Å²) in [6, 6.07) is 8.13. The molecule has 0 saturated carbocycles. The van der Waals surface area contributed by atoms with Crippen molar-refractivity contribution < 1.29 is 4.79 Å². The fraction of sp³-hybridized carbons (Fsp3) is 0.600. The predicted molar refractivity (Wildman–Crippen MR) is 110 cm³/mol. The first-order valence-corrected chi connectivity index (χ1v) is 9.16. The maximum absolute atomic E-state index is 11.9. The summed E-state index contributed by atoms with van der Waals surface area (Å²) in [5, 5.41) is 6.74. The molecule has 2 N–H and O–H groups in total. The van der Waals surface area contributed by atoms with Crippen LogP contribution in [0.5, 0.6) is 0 Å². The molecule has 0 aliphatic heterocycles. The van der Waals surface area contributed by atoms with Crippen molar-refractivity contribution in [3.63, 3.8) is 0 Å². The molecule has 0 saturated heterocycles. The van der Waals surface area contributed by atoms with Gasteiger partial charge in [0.15, 0.2) is 5.96 Å². The van der Waals surface area contributed by atoms with Crippen molar-refractivity contribution in [3.8, 4) is 0 Å². The number of nitrogens with one attached hydrogen (secondary N) is 2. The molecule has 0 heterocycles. The van der Waals surface area contributed by atoms with Crippen LogP contribution in [-0.4, -0.2) is 69.5 Å². The Morgan fingerprint density at radius 2 is 1.69 bits per heavy atom. The van der Waals surface area contributed by atoms with E-state index in [0.29, 0.717) is 24.1 Å². The summed E-state index contributed by atoms with van der Waals surface area (Å²) >= 11 is 0. The molecular formula is C20H35N5O. The highest BCUT2D eigenvalue weighted by molar-refractivity contribution is 5.93. The number of carbonyl (C=O) groups excluding carboxylic acids is 1. The smallest absolute Gasteiger partial charge is 0.253 e. The number of carbonyl (C=O) groups is 1. The van der Waals surface area contributed by atoms with Gasteiger partial charge in [0.1, 0.15) is 0 Å². The molecule has 1 unspecified atom stereocenters. The Morgan fingerprint density at radius 3 is 2.15 bits per heavy atom. The molecule has 0 aliphatic carbocycles. The Labute approximate surface area is 158 Å². The van der Waals surface area contributed by atoms with E-state index in [1.54, 1.807) is 26.0 Å². The molecule has 6 nitrogen and oxygen atoms in total. The van der Waals surface area contributed by atoms with E-state index in [-0.39, 0.29) is 5.91 Å². The first-order valence-electron chi connectivity index (χ1n) is 9.16. The number of likely N-dealkylation sites (N-methyl/N-ethyl adjacent to an activating group) is 1. The summed E-state index contributed by atoms with van der Waals surface area (Å²) in [6.07, 6.45) is 1.14. The van der Waals surface area contributed by atoms with Gasteiger partial charge in [0.2, 0.25) is 0 Å². The summed E-state index contributed by atoms with van der Waals surface area (Å²) in [6.45, 7) is 6.00. The van der Waals surface area contributed by atoms with Crippen LogP contribution in [0.2, 0.25) is 0 Å². The minimum Gasteiger partial charge on any atom is -0.355 e. The van der Waals surface area contributed by atoms with Crippen molar-refractivity contribution in [1.29, 1.82) is 0 Å². The third-order valence-electron chi connectivity index (χ3n) is 4.27. The van der Waals surface area contributed by atoms with E-state index in [1.807, 2.05) is 24.3 Å². The number of amides is 1. The van der Waals surface area contributed by atoms with Gasteiger partial charge in [-0.3, -0.25) is 9.79 Å². The summed E-state index contributed by atoms with van der Waals surface area (Å²) in [4.78, 5) is 20.1. The van der Waals surface area contributed by atoms with E-state index < -0.39 is 0 Å². The zero-order chi connectivity index (χ0) is 19.7. The van der Waals surface area contributed by atoms with Crippen molar-refractivity contribution in [1.82, 2.24) is 20.4 Å². The molecule has 1 aromatic rings. The second kappa shape index (κ2) is 10.8. The van der Waals surface area contributed by atoms with Gasteiger partial charge in [0.25, 0.3) is 5.91 Å². The van der Waals surface area contributed by atoms with Crippen LogP contribution in [0.15, 0.2) is 29.3 Å². The Kier molecular flexibility index (Phi) is 9.13. The topological polar surface area (TPSA) is 60.0 Å². The normalized spacial score (nSPS) is 13.0. The van der Waals surface area contributed by atoms with Crippen LogP contribution < -0.4 is 10.6 Å². The molecule has 0 aliphatic rings. The number of nitrogens with zero attached hydrogens (tertiary/aromatic N) is 3. The lowest BCUT2D eigenvalue weighted by Crippen LogP contribution is -2.45. The quantitative estimate of drug-likeness (QED) is 0.549. The predicted octanol–water partition coefficient (Wildman–Crippen LogP) is 2.03. The van der Waals surface area contributed by atoms with E-state index in [0.717, 1.165) is 24.5 Å². The van der Waals surface area contributed by atoms with Crippen molar-refractivity contribution >= 4 is 11.9 Å². The van der Waals surface area contributed by atoms with E-state index in [1.165, 1.54) is 0 Å². The molecule has 1 rings (SSSR count). The number of benzene rings is 1. The maximum Gasteiger partial charge on any atom is 0.253 e. The fourth-order valence-corrected chi connectivity index (χ4v) is 2.67. The SMILES string of the molecule is CN=C(NCc1ccc(C(=O)N(C)C)cc1)NCC(CC(C)C)N(C)C. The Balaban J connectivity index is 2.55. The Morgan fingerprint density at radius 1 is 1.08 bits per heavy atom. The van der Waals surface area contributed by atoms with Gasteiger partial charge < -0.3 is 20.4 Å². The minimum atomic E-state index is 0.0156. The number of guanidine groups is 1. The highest BCUT2D eigenvalue weighted by Crippen LogP contribution is 2.08. The third-order valence-corrected chi connectivity index (χ3v) is 4.27. The molecule has 0 aromatic heterocycles. The van der Waals surface area contributed by atoms with Crippen molar-refractivity contribution in [2.75, 3.05) is 41.8 Å². The lowest BCUT2D eigenvalue weighted by atomic mass is 10.0. The number of aliphatic imine (C=N–C) groups is 1. The molecule has 146 valence electrons. The maximum atomic E-state index is 11.9. The minimum absolute atomic E-state index is 0.0156. The zero-order valence-corrected chi connectivity index (χ0v) is 17.3. The third kappa shape index (κ3) is 7.44. The van der Waals surface area contributed by atoms with Crippen LogP contribution in [-0.2, 0) is 6.54 Å². The average molecular weight is 362 g/mol. The monoisotopic (exact) mass is 361 g/mol. The largest absolute Gasteiger partial charge is 0.355 e. The van der Waals surface area contributed by atoms with Gasteiger partial charge in [-0.2, -0.15) is 0 Å². The molecule has 1 atom stereocenters. The van der Waals surface area contributed by atoms with Gasteiger partial charge >= 0.3 is 0 Å². The van der Waals surface area contributed by atoms with Crippen LogP contribution in [0.25, 0.3) is 0 Å². The number of hydrogen-bond donors (Lipinski definition) is 2. The van der Waals surface area contributed by atoms with Gasteiger partial charge in [-0.1, -0.05) is 26.0 Å². The summed E-state index contributed by atoms with van der Waals surface area (Å²) in [5.74, 6) is 1.46. The molecule has 0 bridgehead atoms. The molecular weight excluding hydrogens is 326 g/mol. The van der Waals surface area contributed by atoms with Crippen LogP contribution >= 0.6 is 0 Å². The van der Waals surface area contributed by atoms with Crippen molar-refractivity contribution in [2.45, 2.75) is 32.9 Å². The van der Waals surface area contributed by atoms with Gasteiger partial charge in [-0.05, 0) is 44.1 Å². The van der Waals surface area contributed by atoms with Gasteiger partial charge in [-0.15, -0.1) is 0 Å². The summed E-state index contributed by atoms with van der Waals surface area (Å²) < 4.78 is 0. The summed E-state index contributed by atoms with van der Waals surface area (Å²) in [7, 11) is 9.52. The average Bonchev–Trinajstić information content (AvgIpc) is 2.60. The van der Waals surface area contributed by atoms with Gasteiger partial charge in [-0.25, -0.2) is 0 Å². The van der Waals surface area contributed by atoms with E-state index in [2.05, 4.69) is 48.5 Å². The van der Waals surface area contributed by atoms with Crippen LogP contribution in [0.1, 0.15) is 36.2 Å². The molecule has 0 fully saturated rings. The standard InChI is InChI=1S/C20H35N5O/c1-15(2)12-18(24(4)5)14-23-20(21-3)22-13-16-8-10-17(11-9-16)19(26)25(6)7/h8-11,15,18H,12-14H2,1-7H3,(H2,21,22,23). The molecule has 1 aromatic carbocycles. The van der Waals surface area contributed by atoms with Gasteiger partial charge in [0.05, 0.1) is 0 Å². The van der Waals surface area contributed by atoms with E-state index in [4.69, 9.17) is 0 Å². The Hall–Kier alpha value is -2.08. The van der Waals surface area contributed by atoms with Crippen LogP contribution in [0, 0.1) is 5.92 Å². The zero-order valence-electron chi connectivity index (χ0n) is 17.3.